The van der Waals surface area contributed by atoms with Gasteiger partial charge in [-0.15, -0.1) is 0 Å². The van der Waals surface area contributed by atoms with Crippen LogP contribution in [0.1, 0.15) is 48.4 Å². The molecule has 1 fully saturated rings. The van der Waals surface area contributed by atoms with E-state index in [-0.39, 0.29) is 41.5 Å². The number of halogens is 3. The zero-order valence-corrected chi connectivity index (χ0v) is 22.0. The molecule has 1 saturated carbocycles. The molecule has 0 saturated heterocycles. The van der Waals surface area contributed by atoms with E-state index < -0.39 is 23.7 Å². The molecule has 4 N–H and O–H groups in total. The molecule has 40 heavy (non-hydrogen) atoms. The first kappa shape index (κ1) is 28.6. The van der Waals surface area contributed by atoms with Gasteiger partial charge in [0.1, 0.15) is 0 Å². The second kappa shape index (κ2) is 12.2. The number of rotatable bonds is 7. The molecule has 1 aromatic heterocycles. The molecule has 0 unspecified atom stereocenters. The van der Waals surface area contributed by atoms with Gasteiger partial charge in [0.05, 0.1) is 12.0 Å². The Balaban J connectivity index is 1.42. The van der Waals surface area contributed by atoms with Crippen molar-refractivity contribution in [1.82, 2.24) is 10.6 Å². The Morgan fingerprint density at radius 3 is 2.48 bits per heavy atom. The standard InChI is InChI=1S/C27H29F3N6O4/c1-16-6-3-4-7-17(16)11-23(37)32-20-12-19(27(28,29)30)13-21(14-20)33-26(39)34-24-15-36(35-40-24)22-9-5-8-18(10-22)25(38)31-2/h3-4,6-7,12-15,18,22H,5,8-11H2,1-2H3,(H3-,31,32,33,34,35,37,38,39)/p+1/t18-,22-/m1/s1. The smallest absolute Gasteiger partial charge is 0.359 e. The van der Waals surface area contributed by atoms with E-state index in [0.717, 1.165) is 42.5 Å². The van der Waals surface area contributed by atoms with Gasteiger partial charge in [0.2, 0.25) is 17.1 Å². The summed E-state index contributed by atoms with van der Waals surface area (Å²) in [7, 11) is 1.59. The molecular weight excluding hydrogens is 529 g/mol. The molecule has 2 atom stereocenters. The first-order valence-electron chi connectivity index (χ1n) is 12.8. The Kier molecular flexibility index (Phi) is 8.70. The van der Waals surface area contributed by atoms with Crippen LogP contribution >= 0.6 is 0 Å². The highest BCUT2D eigenvalue weighted by Gasteiger charge is 2.35. The fraction of sp³-hybridized carbons (Fsp3) is 0.370. The Hall–Kier alpha value is -4.42. The molecular formula is C27H30F3N6O4+. The highest BCUT2D eigenvalue weighted by atomic mass is 19.4. The summed E-state index contributed by atoms with van der Waals surface area (Å²) in [4.78, 5) is 37.1. The molecule has 0 bridgehead atoms. The minimum Gasteiger partial charge on any atom is -0.359 e. The number of nitrogens with zero attached hydrogens (tertiary/aromatic N) is 2. The fourth-order valence-electron chi connectivity index (χ4n) is 4.73. The van der Waals surface area contributed by atoms with Crippen molar-refractivity contribution in [3.8, 4) is 0 Å². The van der Waals surface area contributed by atoms with Gasteiger partial charge in [0.15, 0.2) is 6.04 Å². The lowest BCUT2D eigenvalue weighted by Gasteiger charge is -2.22. The molecule has 0 spiro atoms. The number of nitrogens with one attached hydrogen (secondary N) is 4. The molecule has 4 amide bonds. The van der Waals surface area contributed by atoms with E-state index in [1.165, 1.54) is 16.9 Å². The number of anilines is 3. The van der Waals surface area contributed by atoms with Gasteiger partial charge in [-0.3, -0.25) is 19.4 Å². The lowest BCUT2D eigenvalue weighted by molar-refractivity contribution is -0.787. The van der Waals surface area contributed by atoms with Crippen LogP contribution in [0.5, 0.6) is 0 Å². The third-order valence-electron chi connectivity index (χ3n) is 6.77. The van der Waals surface area contributed by atoms with Crippen LogP contribution in [0.15, 0.2) is 53.2 Å². The maximum absolute atomic E-state index is 13.6. The number of urea groups is 1. The van der Waals surface area contributed by atoms with E-state index >= 15 is 0 Å². The third kappa shape index (κ3) is 7.36. The van der Waals surface area contributed by atoms with Crippen LogP contribution in [-0.2, 0) is 22.2 Å². The van der Waals surface area contributed by atoms with Gasteiger partial charge >= 0.3 is 18.1 Å². The number of carbonyl (C=O) groups is 3. The van der Waals surface area contributed by atoms with Crippen molar-refractivity contribution in [3.63, 3.8) is 0 Å². The van der Waals surface area contributed by atoms with Crippen LogP contribution in [-0.4, -0.2) is 30.2 Å². The van der Waals surface area contributed by atoms with Crippen LogP contribution in [0.25, 0.3) is 0 Å². The van der Waals surface area contributed by atoms with Crippen LogP contribution in [0, 0.1) is 12.8 Å². The summed E-state index contributed by atoms with van der Waals surface area (Å²) in [5, 5.41) is 13.8. The summed E-state index contributed by atoms with van der Waals surface area (Å²) < 4.78 is 47.4. The van der Waals surface area contributed by atoms with Crippen LogP contribution in [0.3, 0.4) is 0 Å². The first-order valence-corrected chi connectivity index (χ1v) is 12.8. The largest absolute Gasteiger partial charge is 0.416 e. The molecule has 0 radical (unpaired) electrons. The van der Waals surface area contributed by atoms with Crippen LogP contribution in [0.2, 0.25) is 0 Å². The Morgan fingerprint density at radius 2 is 1.77 bits per heavy atom. The van der Waals surface area contributed by atoms with Crippen LogP contribution in [0.4, 0.5) is 35.2 Å². The third-order valence-corrected chi connectivity index (χ3v) is 6.77. The summed E-state index contributed by atoms with van der Waals surface area (Å²) in [6.07, 6.45) is -0.350. The highest BCUT2D eigenvalue weighted by Crippen LogP contribution is 2.34. The molecule has 1 heterocycles. The minimum absolute atomic E-state index is 0.0253. The molecule has 0 aliphatic heterocycles. The maximum Gasteiger partial charge on any atom is 0.416 e. The number of benzene rings is 2. The number of aromatic nitrogens is 2. The molecule has 2 aromatic carbocycles. The number of alkyl halides is 3. The lowest BCUT2D eigenvalue weighted by atomic mass is 9.85. The van der Waals surface area contributed by atoms with Crippen molar-refractivity contribution in [2.24, 2.45) is 5.92 Å². The highest BCUT2D eigenvalue weighted by molar-refractivity contribution is 6.00. The van der Waals surface area contributed by atoms with Crippen molar-refractivity contribution in [3.05, 3.63) is 65.4 Å². The molecule has 10 nitrogen and oxygen atoms in total. The van der Waals surface area contributed by atoms with E-state index in [0.29, 0.717) is 6.42 Å². The molecule has 13 heteroatoms. The van der Waals surface area contributed by atoms with Gasteiger partial charge < -0.3 is 16.0 Å². The second-order valence-corrected chi connectivity index (χ2v) is 9.71. The van der Waals surface area contributed by atoms with Gasteiger partial charge in [-0.05, 0) is 53.8 Å². The van der Waals surface area contributed by atoms with Crippen LogP contribution < -0.4 is 25.9 Å². The Morgan fingerprint density at radius 1 is 1.05 bits per heavy atom. The van der Waals surface area contributed by atoms with Crippen molar-refractivity contribution in [2.45, 2.75) is 51.2 Å². The average Bonchev–Trinajstić information content (AvgIpc) is 3.37. The zero-order chi connectivity index (χ0) is 28.9. The van der Waals surface area contributed by atoms with Gasteiger partial charge in [-0.2, -0.15) is 13.2 Å². The van der Waals surface area contributed by atoms with Crippen molar-refractivity contribution >= 4 is 35.1 Å². The van der Waals surface area contributed by atoms with Gasteiger partial charge in [-0.25, -0.2) is 4.79 Å². The second-order valence-electron chi connectivity index (χ2n) is 9.71. The SMILES string of the molecule is CNC(=O)[C@@H]1CCC[C@@H]([n+]2cc(NC(=O)Nc3cc(NC(=O)Cc4ccccc4C)cc(C(F)(F)F)c3)on2)C1. The minimum atomic E-state index is -4.72. The molecule has 3 aromatic rings. The average molecular weight is 560 g/mol. The van der Waals surface area contributed by atoms with Crippen molar-refractivity contribution < 1.29 is 36.8 Å². The van der Waals surface area contributed by atoms with E-state index in [4.69, 9.17) is 4.52 Å². The predicted molar refractivity (Wildman–Crippen MR) is 139 cm³/mol. The molecule has 4 rings (SSSR count). The molecule has 212 valence electrons. The number of aryl methyl sites for hydroxylation is 1. The topological polar surface area (TPSA) is 129 Å². The summed E-state index contributed by atoms with van der Waals surface area (Å²) in [5.74, 6) is -0.728. The Labute approximate surface area is 228 Å². The maximum atomic E-state index is 13.6. The van der Waals surface area contributed by atoms with Crippen molar-refractivity contribution in [2.75, 3.05) is 23.0 Å². The monoisotopic (exact) mass is 559 g/mol. The van der Waals surface area contributed by atoms with Gasteiger partial charge in [-0.1, -0.05) is 24.3 Å². The summed E-state index contributed by atoms with van der Waals surface area (Å²) in [6, 6.07) is 9.01. The molecule has 1 aliphatic rings. The Bertz CT molecular complexity index is 1390. The number of hydrogen-bond acceptors (Lipinski definition) is 5. The van der Waals surface area contributed by atoms with Gasteiger partial charge in [0.25, 0.3) is 6.20 Å². The first-order chi connectivity index (χ1) is 19.0. The van der Waals surface area contributed by atoms with E-state index in [1.807, 2.05) is 19.1 Å². The fourth-order valence-corrected chi connectivity index (χ4v) is 4.73. The summed E-state index contributed by atoms with van der Waals surface area (Å²) in [5.41, 5.74) is 0.267. The van der Waals surface area contributed by atoms with Gasteiger partial charge in [0, 0.05) is 37.2 Å². The molecule has 1 aliphatic carbocycles. The van der Waals surface area contributed by atoms with E-state index in [2.05, 4.69) is 26.5 Å². The predicted octanol–water partition coefficient (Wildman–Crippen LogP) is 4.59. The summed E-state index contributed by atoms with van der Waals surface area (Å²) in [6.45, 7) is 1.83. The normalized spacial score (nSPS) is 17.1. The van der Waals surface area contributed by atoms with E-state index in [9.17, 15) is 27.6 Å². The zero-order valence-electron chi connectivity index (χ0n) is 22.0. The lowest BCUT2D eigenvalue weighted by Crippen LogP contribution is -2.45. The number of hydrogen-bond donors (Lipinski definition) is 4. The quantitative estimate of drug-likeness (QED) is 0.315. The summed E-state index contributed by atoms with van der Waals surface area (Å²) >= 11 is 0. The van der Waals surface area contributed by atoms with Crippen molar-refractivity contribution in [1.29, 1.82) is 0 Å². The number of amides is 4. The number of carbonyl (C=O) groups excluding carboxylic acids is 3. The van der Waals surface area contributed by atoms with E-state index in [1.54, 1.807) is 19.2 Å².